The van der Waals surface area contributed by atoms with Gasteiger partial charge >= 0.3 is 5.97 Å². The fraction of sp³-hybridized carbons (Fsp3) is 0. The van der Waals surface area contributed by atoms with Crippen LogP contribution in [0.5, 0.6) is 0 Å². The van der Waals surface area contributed by atoms with E-state index < -0.39 is 5.97 Å². The fourth-order valence-corrected chi connectivity index (χ4v) is 1.35. The van der Waals surface area contributed by atoms with Crippen LogP contribution in [0, 0.1) is 0 Å². The molecule has 14 heavy (non-hydrogen) atoms. The summed E-state index contributed by atoms with van der Waals surface area (Å²) in [5.74, 6) is -1.17. The van der Waals surface area contributed by atoms with Crippen LogP contribution in [0.25, 0.3) is 0 Å². The van der Waals surface area contributed by atoms with Crippen LogP contribution >= 0.6 is 23.2 Å². The molecule has 0 bridgehead atoms. The molecule has 0 saturated carbocycles. The number of carbonyl (C=O) groups excluding carboxylic acids is 1. The third-order valence-corrected chi connectivity index (χ3v) is 2.41. The summed E-state index contributed by atoms with van der Waals surface area (Å²) >= 11 is 11.4. The van der Waals surface area contributed by atoms with E-state index in [1.54, 1.807) is 0 Å². The van der Waals surface area contributed by atoms with Crippen LogP contribution in [-0.2, 0) is 4.79 Å². The van der Waals surface area contributed by atoms with Gasteiger partial charge in [-0.25, -0.2) is 4.79 Å². The molecule has 0 aliphatic heterocycles. The van der Waals surface area contributed by atoms with Gasteiger partial charge in [0.1, 0.15) is 0 Å². The van der Waals surface area contributed by atoms with E-state index in [1.165, 1.54) is 12.1 Å². The number of rotatable bonds is 3. The lowest BCUT2D eigenvalue weighted by Gasteiger charge is -2.06. The predicted molar refractivity (Wildman–Crippen MR) is 53.1 cm³/mol. The number of hydrogen-bond acceptors (Lipinski definition) is 2. The number of carboxylic acid groups (broad SMARTS) is 1. The van der Waals surface area contributed by atoms with Crippen LogP contribution in [0.2, 0.25) is 10.0 Å². The molecule has 0 heterocycles. The van der Waals surface area contributed by atoms with E-state index in [0.29, 0.717) is 6.41 Å². The Morgan fingerprint density at radius 1 is 1.36 bits per heavy atom. The first-order valence-corrected chi connectivity index (χ1v) is 4.25. The number of halogens is 2. The third kappa shape index (κ3) is 1.97. The minimum absolute atomic E-state index is 0.0127. The first-order valence-electron chi connectivity index (χ1n) is 3.49. The summed E-state index contributed by atoms with van der Waals surface area (Å²) in [5.41, 5.74) is 0.171. The van der Waals surface area contributed by atoms with Crippen molar-refractivity contribution in [1.82, 2.24) is 0 Å². The molecule has 0 aromatic heterocycles. The van der Waals surface area contributed by atoms with Gasteiger partial charge < -0.3 is 10.4 Å². The Morgan fingerprint density at radius 2 is 2.00 bits per heavy atom. The summed E-state index contributed by atoms with van der Waals surface area (Å²) in [6, 6.07) is 2.63. The number of hydrogen-bond donors (Lipinski definition) is 2. The van der Waals surface area contributed by atoms with E-state index in [4.69, 9.17) is 28.3 Å². The second-order valence-corrected chi connectivity index (χ2v) is 3.11. The van der Waals surface area contributed by atoms with Gasteiger partial charge in [0.05, 0.1) is 21.3 Å². The van der Waals surface area contributed by atoms with Crippen molar-refractivity contribution in [1.29, 1.82) is 0 Å². The molecule has 1 amide bonds. The van der Waals surface area contributed by atoms with Gasteiger partial charge in [0.2, 0.25) is 6.41 Å². The topological polar surface area (TPSA) is 66.4 Å². The van der Waals surface area contributed by atoms with Gasteiger partial charge in [-0.15, -0.1) is 0 Å². The summed E-state index contributed by atoms with van der Waals surface area (Å²) in [6.07, 6.45) is 0.429. The smallest absolute Gasteiger partial charge is 0.337 e. The summed E-state index contributed by atoms with van der Waals surface area (Å²) in [5, 5.41) is 10.9. The molecule has 0 radical (unpaired) electrons. The molecule has 0 saturated heterocycles. The number of carbonyl (C=O) groups is 2. The SMILES string of the molecule is O=CNc1ccc(C(=O)O)c(Cl)c1Cl. The average Bonchev–Trinajstić information content (AvgIpc) is 2.13. The largest absolute Gasteiger partial charge is 0.478 e. The van der Waals surface area contributed by atoms with Crippen molar-refractivity contribution in [3.05, 3.63) is 27.7 Å². The molecule has 0 aliphatic rings. The number of aromatic carboxylic acids is 1. The number of benzene rings is 1. The van der Waals surface area contributed by atoms with Gasteiger partial charge in [-0.05, 0) is 12.1 Å². The van der Waals surface area contributed by atoms with Crippen molar-refractivity contribution >= 4 is 41.3 Å². The van der Waals surface area contributed by atoms with Gasteiger partial charge in [-0.3, -0.25) is 4.79 Å². The number of anilines is 1. The van der Waals surface area contributed by atoms with Gasteiger partial charge in [0.15, 0.2) is 0 Å². The van der Waals surface area contributed by atoms with E-state index in [0.717, 1.165) is 0 Å². The lowest BCUT2D eigenvalue weighted by molar-refractivity contribution is -0.105. The third-order valence-electron chi connectivity index (χ3n) is 1.53. The molecule has 1 aromatic rings. The molecule has 0 unspecified atom stereocenters. The molecule has 2 N–H and O–H groups in total. The molecule has 74 valence electrons. The molecule has 4 nitrogen and oxygen atoms in total. The van der Waals surface area contributed by atoms with E-state index in [2.05, 4.69) is 5.32 Å². The minimum Gasteiger partial charge on any atom is -0.478 e. The monoisotopic (exact) mass is 233 g/mol. The normalized spacial score (nSPS) is 9.57. The highest BCUT2D eigenvalue weighted by atomic mass is 35.5. The lowest BCUT2D eigenvalue weighted by atomic mass is 10.2. The average molecular weight is 234 g/mol. The molecule has 1 rings (SSSR count). The zero-order chi connectivity index (χ0) is 10.7. The van der Waals surface area contributed by atoms with Gasteiger partial charge in [-0.2, -0.15) is 0 Å². The number of amides is 1. The van der Waals surface area contributed by atoms with Crippen LogP contribution in [-0.4, -0.2) is 17.5 Å². The first kappa shape index (κ1) is 10.8. The molecule has 1 aromatic carbocycles. The van der Waals surface area contributed by atoms with Crippen molar-refractivity contribution in [2.24, 2.45) is 0 Å². The highest BCUT2D eigenvalue weighted by molar-refractivity contribution is 6.45. The van der Waals surface area contributed by atoms with Crippen molar-refractivity contribution in [2.75, 3.05) is 5.32 Å². The van der Waals surface area contributed by atoms with Crippen molar-refractivity contribution in [3.63, 3.8) is 0 Å². The molecule has 0 atom stereocenters. The number of nitrogens with one attached hydrogen (secondary N) is 1. The van der Waals surface area contributed by atoms with Crippen LogP contribution in [0.15, 0.2) is 12.1 Å². The number of carboxylic acids is 1. The zero-order valence-electron chi connectivity index (χ0n) is 6.75. The second-order valence-electron chi connectivity index (χ2n) is 2.36. The van der Waals surface area contributed by atoms with Crippen molar-refractivity contribution in [2.45, 2.75) is 0 Å². The Balaban J connectivity index is 3.25. The highest BCUT2D eigenvalue weighted by Crippen LogP contribution is 2.32. The Bertz CT molecular complexity index is 392. The second kappa shape index (κ2) is 4.30. The molecule has 0 fully saturated rings. The quantitative estimate of drug-likeness (QED) is 0.788. The van der Waals surface area contributed by atoms with Crippen LogP contribution in [0.4, 0.5) is 5.69 Å². The van der Waals surface area contributed by atoms with Gasteiger partial charge in [-0.1, -0.05) is 23.2 Å². The maximum absolute atomic E-state index is 10.6. The summed E-state index contributed by atoms with van der Waals surface area (Å²) in [7, 11) is 0. The van der Waals surface area contributed by atoms with E-state index in [1.807, 2.05) is 0 Å². The highest BCUT2D eigenvalue weighted by Gasteiger charge is 2.14. The summed E-state index contributed by atoms with van der Waals surface area (Å²) < 4.78 is 0. The fourth-order valence-electron chi connectivity index (χ4n) is 0.890. The Morgan fingerprint density at radius 3 is 2.50 bits per heavy atom. The van der Waals surface area contributed by atoms with Crippen LogP contribution < -0.4 is 5.32 Å². The van der Waals surface area contributed by atoms with Gasteiger partial charge in [0.25, 0.3) is 0 Å². The van der Waals surface area contributed by atoms with Crippen LogP contribution in [0.1, 0.15) is 10.4 Å². The molecule has 0 aliphatic carbocycles. The molecule has 0 spiro atoms. The summed E-state index contributed by atoms with van der Waals surface area (Å²) in [6.45, 7) is 0. The Labute approximate surface area is 89.4 Å². The van der Waals surface area contributed by atoms with E-state index in [9.17, 15) is 9.59 Å². The Hall–Kier alpha value is -1.26. The zero-order valence-corrected chi connectivity index (χ0v) is 8.26. The van der Waals surface area contributed by atoms with Crippen molar-refractivity contribution < 1.29 is 14.7 Å². The Kier molecular flexibility index (Phi) is 3.33. The maximum Gasteiger partial charge on any atom is 0.337 e. The summed E-state index contributed by atoms with van der Waals surface area (Å²) in [4.78, 5) is 20.7. The van der Waals surface area contributed by atoms with Gasteiger partial charge in [0, 0.05) is 0 Å². The standard InChI is InChI=1S/C8H5Cl2NO3/c9-6-4(8(13)14)1-2-5(7(6)10)11-3-12/h1-3H,(H,11,12)(H,13,14). The maximum atomic E-state index is 10.6. The molecule has 6 heteroatoms. The van der Waals surface area contributed by atoms with E-state index in [-0.39, 0.29) is 21.3 Å². The van der Waals surface area contributed by atoms with E-state index >= 15 is 0 Å². The molecular formula is C8H5Cl2NO3. The van der Waals surface area contributed by atoms with Crippen molar-refractivity contribution in [3.8, 4) is 0 Å². The van der Waals surface area contributed by atoms with Crippen LogP contribution in [0.3, 0.4) is 0 Å². The first-order chi connectivity index (χ1) is 6.57. The predicted octanol–water partition coefficient (Wildman–Crippen LogP) is 2.26. The molecular weight excluding hydrogens is 229 g/mol. The lowest BCUT2D eigenvalue weighted by Crippen LogP contribution is -2.01. The minimum atomic E-state index is -1.17.